The second-order valence-corrected chi connectivity index (χ2v) is 14.4. The zero-order chi connectivity index (χ0) is 32.0. The summed E-state index contributed by atoms with van der Waals surface area (Å²) in [6.07, 6.45) is 3.17. The lowest BCUT2D eigenvalue weighted by molar-refractivity contribution is -0.141. The Morgan fingerprint density at radius 1 is 1.00 bits per heavy atom. The SMILES string of the molecule is Cc1nc2cc(S(=O)(=O)N(C)c3ccc([C@H]4CCC[C@@H](C(=O)Nc5ccc(C6CCC6)cc5F)[C@@H]4C(O)O)cc3)ccc2n1C. The van der Waals surface area contributed by atoms with E-state index in [2.05, 4.69) is 10.3 Å². The van der Waals surface area contributed by atoms with Gasteiger partial charge in [0.25, 0.3) is 10.0 Å². The van der Waals surface area contributed by atoms with E-state index in [0.717, 1.165) is 41.7 Å². The number of aliphatic hydroxyl groups excluding tert-OH is 1. The van der Waals surface area contributed by atoms with Gasteiger partial charge >= 0.3 is 0 Å². The highest BCUT2D eigenvalue weighted by atomic mass is 32.2. The van der Waals surface area contributed by atoms with Gasteiger partial charge in [-0.1, -0.05) is 31.0 Å². The maximum atomic E-state index is 14.9. The van der Waals surface area contributed by atoms with Crippen LogP contribution in [-0.4, -0.2) is 47.4 Å². The van der Waals surface area contributed by atoms with Gasteiger partial charge < -0.3 is 20.1 Å². The van der Waals surface area contributed by atoms with E-state index in [1.807, 2.05) is 24.6 Å². The van der Waals surface area contributed by atoms with Crippen molar-refractivity contribution >= 4 is 38.3 Å². The van der Waals surface area contributed by atoms with E-state index in [9.17, 15) is 27.8 Å². The van der Waals surface area contributed by atoms with Crippen molar-refractivity contribution in [2.24, 2.45) is 18.9 Å². The molecule has 4 aromatic rings. The number of fused-ring (bicyclic) bond motifs is 1. The van der Waals surface area contributed by atoms with Gasteiger partial charge in [0.1, 0.15) is 11.6 Å². The molecule has 238 valence electrons. The first-order valence-corrected chi connectivity index (χ1v) is 16.9. The van der Waals surface area contributed by atoms with Crippen LogP contribution in [-0.2, 0) is 21.9 Å². The minimum atomic E-state index is -3.89. The van der Waals surface area contributed by atoms with Crippen molar-refractivity contribution in [3.63, 3.8) is 0 Å². The number of rotatable bonds is 8. The molecule has 1 aromatic heterocycles. The number of imidazole rings is 1. The van der Waals surface area contributed by atoms with Crippen molar-refractivity contribution in [1.29, 1.82) is 0 Å². The molecular weight excluding hydrogens is 595 g/mol. The van der Waals surface area contributed by atoms with E-state index >= 15 is 0 Å². The van der Waals surface area contributed by atoms with Crippen molar-refractivity contribution in [2.45, 2.75) is 68.5 Å². The van der Waals surface area contributed by atoms with Crippen molar-refractivity contribution in [1.82, 2.24) is 9.55 Å². The Labute approximate surface area is 262 Å². The number of nitrogens with one attached hydrogen (secondary N) is 1. The lowest BCUT2D eigenvalue weighted by Crippen LogP contribution is -2.42. The van der Waals surface area contributed by atoms with Gasteiger partial charge in [-0.05, 0) is 98.0 Å². The van der Waals surface area contributed by atoms with E-state index < -0.39 is 39.9 Å². The number of aromatic nitrogens is 2. The number of aryl methyl sites for hydroxylation is 2. The number of carbonyl (C=O) groups is 1. The number of amides is 1. The van der Waals surface area contributed by atoms with Gasteiger partial charge in [0.15, 0.2) is 6.29 Å². The van der Waals surface area contributed by atoms with Gasteiger partial charge in [-0.25, -0.2) is 17.8 Å². The Morgan fingerprint density at radius 3 is 2.33 bits per heavy atom. The van der Waals surface area contributed by atoms with E-state index in [0.29, 0.717) is 36.4 Å². The summed E-state index contributed by atoms with van der Waals surface area (Å²) in [7, 11) is -0.527. The van der Waals surface area contributed by atoms with Crippen molar-refractivity contribution < 1.29 is 27.8 Å². The Hall–Kier alpha value is -3.80. The molecule has 0 spiro atoms. The number of aliphatic hydroxyl groups is 2. The summed E-state index contributed by atoms with van der Waals surface area (Å²) in [6.45, 7) is 1.86. The fraction of sp³-hybridized carbons (Fsp3) is 0.412. The monoisotopic (exact) mass is 634 g/mol. The highest BCUT2D eigenvalue weighted by Gasteiger charge is 2.42. The molecule has 0 aliphatic heterocycles. The van der Waals surface area contributed by atoms with Crippen LogP contribution in [0.25, 0.3) is 11.0 Å². The molecular formula is C34H39FN4O5S. The number of carbonyl (C=O) groups excluding carboxylic acids is 1. The van der Waals surface area contributed by atoms with Crippen LogP contribution in [0, 0.1) is 24.6 Å². The molecule has 9 nitrogen and oxygen atoms in total. The second kappa shape index (κ2) is 12.2. The van der Waals surface area contributed by atoms with Crippen LogP contribution in [0.2, 0.25) is 0 Å². The van der Waals surface area contributed by atoms with Crippen molar-refractivity contribution in [2.75, 3.05) is 16.7 Å². The van der Waals surface area contributed by atoms with Crippen molar-refractivity contribution in [3.05, 3.63) is 83.4 Å². The lowest BCUT2D eigenvalue weighted by atomic mass is 9.68. The van der Waals surface area contributed by atoms with Crippen molar-refractivity contribution in [3.8, 4) is 0 Å². The molecule has 1 amide bonds. The third kappa shape index (κ3) is 5.84. The third-order valence-corrected chi connectivity index (χ3v) is 11.7. The van der Waals surface area contributed by atoms with Crippen LogP contribution in [0.15, 0.2) is 65.6 Å². The molecule has 0 bridgehead atoms. The minimum absolute atomic E-state index is 0.0855. The molecule has 0 saturated heterocycles. The Morgan fingerprint density at radius 2 is 1.69 bits per heavy atom. The minimum Gasteiger partial charge on any atom is -0.368 e. The average Bonchev–Trinajstić information content (AvgIpc) is 3.29. The number of nitrogens with zero attached hydrogens (tertiary/aromatic N) is 3. The zero-order valence-electron chi connectivity index (χ0n) is 25.6. The van der Waals surface area contributed by atoms with Crippen LogP contribution < -0.4 is 9.62 Å². The molecule has 2 fully saturated rings. The molecule has 3 aromatic carbocycles. The van der Waals surface area contributed by atoms with Crippen LogP contribution in [0.1, 0.15) is 67.3 Å². The van der Waals surface area contributed by atoms with E-state index in [-0.39, 0.29) is 16.5 Å². The summed E-state index contributed by atoms with van der Waals surface area (Å²) in [6, 6.07) is 16.7. The third-order valence-electron chi connectivity index (χ3n) is 9.89. The highest BCUT2D eigenvalue weighted by Crippen LogP contribution is 2.44. The van der Waals surface area contributed by atoms with Gasteiger partial charge in [0, 0.05) is 25.9 Å². The molecule has 45 heavy (non-hydrogen) atoms. The molecule has 1 heterocycles. The van der Waals surface area contributed by atoms with E-state index in [1.165, 1.54) is 17.4 Å². The van der Waals surface area contributed by atoms with E-state index in [1.54, 1.807) is 48.5 Å². The molecule has 6 rings (SSSR count). The zero-order valence-corrected chi connectivity index (χ0v) is 26.5. The van der Waals surface area contributed by atoms with Crippen LogP contribution in [0.3, 0.4) is 0 Å². The summed E-state index contributed by atoms with van der Waals surface area (Å²) in [5, 5.41) is 23.6. The number of anilines is 2. The van der Waals surface area contributed by atoms with Gasteiger partial charge in [-0.2, -0.15) is 0 Å². The molecule has 2 aliphatic rings. The maximum absolute atomic E-state index is 14.9. The second-order valence-electron chi connectivity index (χ2n) is 12.4. The Kier molecular flexibility index (Phi) is 8.45. The van der Waals surface area contributed by atoms with Crippen LogP contribution in [0.5, 0.6) is 0 Å². The number of halogens is 1. The fourth-order valence-corrected chi connectivity index (χ4v) is 8.09. The largest absolute Gasteiger partial charge is 0.368 e. The number of sulfonamides is 1. The standard InChI is InChI=1S/C34H39FN4O5S/c1-20-36-30-19-25(15-17-31(30)38(20)2)45(43,44)39(3)24-13-10-22(11-14-24)26-8-5-9-27(32(26)34(41)42)33(40)37-29-16-12-23(18-28(29)35)21-6-4-7-21/h10-19,21,26-27,32,34,41-42H,4-9H2,1-3H3,(H,37,40)/t26-,27-,32-/m1/s1. The summed E-state index contributed by atoms with van der Waals surface area (Å²) < 4.78 is 45.0. The Bertz CT molecular complexity index is 1840. The number of benzene rings is 3. The lowest BCUT2D eigenvalue weighted by Gasteiger charge is -2.38. The first-order valence-electron chi connectivity index (χ1n) is 15.4. The predicted octanol–water partition coefficient (Wildman–Crippen LogP) is 5.56. The normalized spacial score (nSPS) is 20.7. The Balaban J connectivity index is 1.19. The summed E-state index contributed by atoms with van der Waals surface area (Å²) >= 11 is 0. The summed E-state index contributed by atoms with van der Waals surface area (Å²) in [5.74, 6) is -1.74. The molecule has 11 heteroatoms. The molecule has 0 radical (unpaired) electrons. The molecule has 0 unspecified atom stereocenters. The molecule has 3 atom stereocenters. The quantitative estimate of drug-likeness (QED) is 0.218. The summed E-state index contributed by atoms with van der Waals surface area (Å²) in [5.41, 5.74) is 3.65. The molecule has 2 aliphatic carbocycles. The van der Waals surface area contributed by atoms with Crippen LogP contribution in [0.4, 0.5) is 15.8 Å². The van der Waals surface area contributed by atoms with Gasteiger partial charge in [-0.15, -0.1) is 0 Å². The number of hydrogen-bond donors (Lipinski definition) is 3. The average molecular weight is 635 g/mol. The fourth-order valence-electron chi connectivity index (χ4n) is 6.88. The predicted molar refractivity (Wildman–Crippen MR) is 171 cm³/mol. The van der Waals surface area contributed by atoms with Gasteiger partial charge in [0.2, 0.25) is 5.91 Å². The molecule has 2 saturated carbocycles. The first kappa shape index (κ1) is 31.2. The van der Waals surface area contributed by atoms with Gasteiger partial charge in [0.05, 0.1) is 27.3 Å². The van der Waals surface area contributed by atoms with Gasteiger partial charge in [-0.3, -0.25) is 9.10 Å². The number of hydrogen-bond acceptors (Lipinski definition) is 6. The topological polar surface area (TPSA) is 125 Å². The first-order chi connectivity index (χ1) is 21.5. The highest BCUT2D eigenvalue weighted by molar-refractivity contribution is 7.92. The van der Waals surface area contributed by atoms with Crippen LogP contribution >= 0.6 is 0 Å². The maximum Gasteiger partial charge on any atom is 0.264 e. The van der Waals surface area contributed by atoms with E-state index in [4.69, 9.17) is 0 Å². The summed E-state index contributed by atoms with van der Waals surface area (Å²) in [4.78, 5) is 18.0. The smallest absolute Gasteiger partial charge is 0.264 e. The molecule has 3 N–H and O–H groups in total.